The molecule has 0 saturated heterocycles. The van der Waals surface area contributed by atoms with Crippen LogP contribution in [0.3, 0.4) is 0 Å². The van der Waals surface area contributed by atoms with Crippen molar-refractivity contribution in [2.45, 2.75) is 65.6 Å². The summed E-state index contributed by atoms with van der Waals surface area (Å²) in [6.07, 6.45) is 1.58. The first kappa shape index (κ1) is 26.0. The number of halogens is 2. The minimum absolute atomic E-state index is 0.0220. The Morgan fingerprint density at radius 1 is 1.06 bits per heavy atom. The zero-order chi connectivity index (χ0) is 23.7. The van der Waals surface area contributed by atoms with Crippen molar-refractivity contribution in [1.29, 1.82) is 0 Å². The van der Waals surface area contributed by atoms with Crippen molar-refractivity contribution in [3.8, 4) is 5.75 Å². The lowest BCUT2D eigenvalue weighted by atomic mass is 10.1. The molecule has 0 spiro atoms. The third kappa shape index (κ3) is 7.72. The van der Waals surface area contributed by atoms with Crippen molar-refractivity contribution in [2.24, 2.45) is 0 Å². The second-order valence-electron chi connectivity index (χ2n) is 7.98. The average molecular weight is 479 g/mol. The molecular formula is C25H32Cl2N2O3. The first-order valence-corrected chi connectivity index (χ1v) is 11.7. The number of rotatable bonds is 11. The van der Waals surface area contributed by atoms with Gasteiger partial charge >= 0.3 is 0 Å². The lowest BCUT2D eigenvalue weighted by Crippen LogP contribution is -2.49. The molecule has 2 aromatic rings. The first-order chi connectivity index (χ1) is 15.2. The lowest BCUT2D eigenvalue weighted by molar-refractivity contribution is -0.141. The highest BCUT2D eigenvalue weighted by atomic mass is 35.5. The van der Waals surface area contributed by atoms with Crippen LogP contribution in [-0.4, -0.2) is 35.4 Å². The third-order valence-corrected chi connectivity index (χ3v) is 6.09. The summed E-state index contributed by atoms with van der Waals surface area (Å²) in [7, 11) is 0. The van der Waals surface area contributed by atoms with E-state index in [0.29, 0.717) is 28.6 Å². The van der Waals surface area contributed by atoms with Crippen molar-refractivity contribution in [3.63, 3.8) is 0 Å². The quantitative estimate of drug-likeness (QED) is 0.415. The van der Waals surface area contributed by atoms with Gasteiger partial charge in [-0.15, -0.1) is 0 Å². The topological polar surface area (TPSA) is 58.6 Å². The lowest BCUT2D eigenvalue weighted by Gasteiger charge is -2.30. The summed E-state index contributed by atoms with van der Waals surface area (Å²) in [5.74, 6) is 0.413. The maximum atomic E-state index is 13.1. The second kappa shape index (κ2) is 12.7. The van der Waals surface area contributed by atoms with Crippen LogP contribution >= 0.6 is 23.2 Å². The minimum Gasteiger partial charge on any atom is -0.494 e. The van der Waals surface area contributed by atoms with Gasteiger partial charge in [0, 0.05) is 34.6 Å². The summed E-state index contributed by atoms with van der Waals surface area (Å²) in [4.78, 5) is 27.4. The zero-order valence-corrected chi connectivity index (χ0v) is 20.7. The third-order valence-electron chi connectivity index (χ3n) is 5.38. The van der Waals surface area contributed by atoms with E-state index in [2.05, 4.69) is 5.32 Å². The van der Waals surface area contributed by atoms with Crippen LogP contribution in [0.4, 0.5) is 0 Å². The van der Waals surface area contributed by atoms with Gasteiger partial charge in [-0.25, -0.2) is 0 Å². The van der Waals surface area contributed by atoms with E-state index in [1.165, 1.54) is 4.90 Å². The predicted molar refractivity (Wildman–Crippen MR) is 130 cm³/mol. The van der Waals surface area contributed by atoms with Gasteiger partial charge in [-0.2, -0.15) is 0 Å². The van der Waals surface area contributed by atoms with E-state index in [0.717, 1.165) is 17.7 Å². The smallest absolute Gasteiger partial charge is 0.242 e. The van der Waals surface area contributed by atoms with E-state index in [4.69, 9.17) is 27.9 Å². The molecule has 0 heterocycles. The molecule has 7 heteroatoms. The van der Waals surface area contributed by atoms with Crippen LogP contribution < -0.4 is 10.1 Å². The van der Waals surface area contributed by atoms with E-state index < -0.39 is 6.04 Å². The van der Waals surface area contributed by atoms with Crippen LogP contribution in [-0.2, 0) is 16.1 Å². The zero-order valence-electron chi connectivity index (χ0n) is 19.2. The number of nitrogens with zero attached hydrogens (tertiary/aromatic N) is 1. The minimum atomic E-state index is -0.665. The molecule has 0 unspecified atom stereocenters. The molecular weight excluding hydrogens is 447 g/mol. The Hall–Kier alpha value is -2.24. The van der Waals surface area contributed by atoms with E-state index in [1.807, 2.05) is 45.0 Å². The molecule has 2 rings (SSSR count). The number of hydrogen-bond acceptors (Lipinski definition) is 3. The van der Waals surface area contributed by atoms with Gasteiger partial charge in [-0.05, 0) is 57.9 Å². The maximum absolute atomic E-state index is 13.1. The molecule has 1 N–H and O–H groups in total. The second-order valence-corrected chi connectivity index (χ2v) is 8.80. The Balaban J connectivity index is 2.07. The Bertz CT molecular complexity index is 882. The van der Waals surface area contributed by atoms with Gasteiger partial charge in [0.15, 0.2) is 0 Å². The Morgan fingerprint density at radius 3 is 2.28 bits per heavy atom. The molecule has 0 aliphatic rings. The standard InChI is InChI=1S/C25H32Cl2N2O3/c1-5-18(3)28-25(31)19(4)29(16-21-22(26)8-6-9-23(21)27)24(30)10-7-15-32-20-13-11-17(2)12-14-20/h6,8-9,11-14,18-19H,5,7,10,15-16H2,1-4H3,(H,28,31)/t18-,19-/m1/s1. The molecule has 0 fully saturated rings. The fourth-order valence-corrected chi connectivity index (χ4v) is 3.61. The number of carbonyl (C=O) groups excluding carboxylic acids is 2. The molecule has 0 saturated carbocycles. The number of nitrogens with one attached hydrogen (secondary N) is 1. The molecule has 2 aromatic carbocycles. The number of hydrogen-bond donors (Lipinski definition) is 1. The average Bonchev–Trinajstić information content (AvgIpc) is 2.77. The largest absolute Gasteiger partial charge is 0.494 e. The fraction of sp³-hybridized carbons (Fsp3) is 0.440. The van der Waals surface area contributed by atoms with Crippen molar-refractivity contribution < 1.29 is 14.3 Å². The van der Waals surface area contributed by atoms with Crippen LogP contribution in [0.25, 0.3) is 0 Å². The van der Waals surface area contributed by atoms with Crippen molar-refractivity contribution in [1.82, 2.24) is 10.2 Å². The molecule has 0 aliphatic carbocycles. The molecule has 2 atom stereocenters. The molecule has 0 radical (unpaired) electrons. The van der Waals surface area contributed by atoms with Gasteiger partial charge in [0.2, 0.25) is 11.8 Å². The highest BCUT2D eigenvalue weighted by molar-refractivity contribution is 6.36. The van der Waals surface area contributed by atoms with Gasteiger partial charge < -0.3 is 15.0 Å². The summed E-state index contributed by atoms with van der Waals surface area (Å²) in [6.45, 7) is 8.23. The molecule has 5 nitrogen and oxygen atoms in total. The van der Waals surface area contributed by atoms with Crippen LogP contribution in [0.5, 0.6) is 5.75 Å². The van der Waals surface area contributed by atoms with E-state index in [1.54, 1.807) is 25.1 Å². The molecule has 32 heavy (non-hydrogen) atoms. The molecule has 0 bridgehead atoms. The van der Waals surface area contributed by atoms with E-state index >= 15 is 0 Å². The van der Waals surface area contributed by atoms with E-state index in [-0.39, 0.29) is 30.8 Å². The summed E-state index contributed by atoms with van der Waals surface area (Å²) in [6, 6.07) is 12.3. The monoisotopic (exact) mass is 478 g/mol. The fourth-order valence-electron chi connectivity index (χ4n) is 3.09. The van der Waals surface area contributed by atoms with Crippen molar-refractivity contribution >= 4 is 35.0 Å². The van der Waals surface area contributed by atoms with Crippen LogP contribution in [0.2, 0.25) is 10.0 Å². The number of carbonyl (C=O) groups is 2. The summed E-state index contributed by atoms with van der Waals surface area (Å²) >= 11 is 12.7. The Morgan fingerprint density at radius 2 is 1.69 bits per heavy atom. The normalized spacial score (nSPS) is 12.7. The molecule has 0 aliphatic heterocycles. The molecule has 2 amide bonds. The SMILES string of the molecule is CC[C@@H](C)NC(=O)[C@@H](C)N(Cc1c(Cl)cccc1Cl)C(=O)CCCOc1ccc(C)cc1. The van der Waals surface area contributed by atoms with Gasteiger partial charge in [-0.1, -0.05) is 53.9 Å². The van der Waals surface area contributed by atoms with Crippen molar-refractivity contribution in [3.05, 3.63) is 63.6 Å². The van der Waals surface area contributed by atoms with Crippen LogP contribution in [0.15, 0.2) is 42.5 Å². The number of aryl methyl sites for hydroxylation is 1. The Kier molecular flexibility index (Phi) is 10.3. The van der Waals surface area contributed by atoms with Gasteiger partial charge in [-0.3, -0.25) is 9.59 Å². The number of amides is 2. The Labute approximate surface area is 201 Å². The van der Waals surface area contributed by atoms with Gasteiger partial charge in [0.05, 0.1) is 6.61 Å². The first-order valence-electron chi connectivity index (χ1n) is 10.9. The highest BCUT2D eigenvalue weighted by Crippen LogP contribution is 2.27. The van der Waals surface area contributed by atoms with Crippen LogP contribution in [0.1, 0.15) is 51.2 Å². The number of benzene rings is 2. The summed E-state index contributed by atoms with van der Waals surface area (Å²) in [5, 5.41) is 3.88. The highest BCUT2D eigenvalue weighted by Gasteiger charge is 2.27. The van der Waals surface area contributed by atoms with Crippen molar-refractivity contribution in [2.75, 3.05) is 6.61 Å². The summed E-state index contributed by atoms with van der Waals surface area (Å²) in [5.41, 5.74) is 1.79. The van der Waals surface area contributed by atoms with E-state index in [9.17, 15) is 9.59 Å². The van der Waals surface area contributed by atoms with Gasteiger partial charge in [0.1, 0.15) is 11.8 Å². The number of ether oxygens (including phenoxy) is 1. The van der Waals surface area contributed by atoms with Gasteiger partial charge in [0.25, 0.3) is 0 Å². The maximum Gasteiger partial charge on any atom is 0.242 e. The summed E-state index contributed by atoms with van der Waals surface area (Å²) < 4.78 is 5.73. The molecule has 0 aromatic heterocycles. The molecule has 174 valence electrons. The predicted octanol–water partition coefficient (Wildman–Crippen LogP) is 5.79. The van der Waals surface area contributed by atoms with Crippen LogP contribution in [0, 0.1) is 6.92 Å².